The van der Waals surface area contributed by atoms with E-state index in [9.17, 15) is 9.90 Å². The minimum Gasteiger partial charge on any atom is -0.481 e. The molecule has 1 fully saturated rings. The molecule has 1 aliphatic heterocycles. The Hall–Kier alpha value is -1.40. The van der Waals surface area contributed by atoms with E-state index in [0.717, 1.165) is 12.0 Å². The summed E-state index contributed by atoms with van der Waals surface area (Å²) in [6, 6.07) is 0. The molecule has 6 heteroatoms. The summed E-state index contributed by atoms with van der Waals surface area (Å²) in [7, 11) is 3.81. The Morgan fingerprint density at radius 3 is 3.00 bits per heavy atom. The number of hydrogen-bond donors (Lipinski definition) is 1. The standard InChI is InChI=1S/C13H21N3O3/c1-15(7-11-6-14-16(2)8-11)9-13(12(17)18)4-3-5-19-10-13/h6,8H,3-5,7,9-10H2,1-2H3,(H,17,18). The van der Waals surface area contributed by atoms with Gasteiger partial charge in [-0.3, -0.25) is 9.48 Å². The van der Waals surface area contributed by atoms with Crippen molar-refractivity contribution in [2.75, 3.05) is 26.8 Å². The summed E-state index contributed by atoms with van der Waals surface area (Å²) in [6.07, 6.45) is 5.25. The molecular weight excluding hydrogens is 246 g/mol. The maximum atomic E-state index is 11.5. The summed E-state index contributed by atoms with van der Waals surface area (Å²) in [5.74, 6) is -0.759. The third-order valence-corrected chi connectivity index (χ3v) is 3.56. The molecule has 1 saturated heterocycles. The summed E-state index contributed by atoms with van der Waals surface area (Å²) >= 11 is 0. The fourth-order valence-corrected chi connectivity index (χ4v) is 2.65. The van der Waals surface area contributed by atoms with Gasteiger partial charge in [-0.2, -0.15) is 5.10 Å². The van der Waals surface area contributed by atoms with E-state index in [1.165, 1.54) is 0 Å². The second-order valence-electron chi connectivity index (χ2n) is 5.44. The van der Waals surface area contributed by atoms with Crippen molar-refractivity contribution >= 4 is 5.97 Å². The summed E-state index contributed by atoms with van der Waals surface area (Å²) in [4.78, 5) is 13.6. The molecule has 0 aliphatic carbocycles. The van der Waals surface area contributed by atoms with E-state index in [0.29, 0.717) is 32.7 Å². The van der Waals surface area contributed by atoms with E-state index in [2.05, 4.69) is 5.10 Å². The molecule has 1 aromatic rings. The first kappa shape index (κ1) is 14.0. The van der Waals surface area contributed by atoms with Crippen LogP contribution < -0.4 is 0 Å². The number of carboxylic acid groups (broad SMARTS) is 1. The van der Waals surface area contributed by atoms with Gasteiger partial charge < -0.3 is 14.7 Å². The Labute approximate surface area is 113 Å². The van der Waals surface area contributed by atoms with Crippen LogP contribution in [0.1, 0.15) is 18.4 Å². The van der Waals surface area contributed by atoms with Gasteiger partial charge in [0.2, 0.25) is 0 Å². The molecule has 19 heavy (non-hydrogen) atoms. The molecule has 0 spiro atoms. The van der Waals surface area contributed by atoms with Crippen LogP contribution in [0.2, 0.25) is 0 Å². The van der Waals surface area contributed by atoms with Gasteiger partial charge >= 0.3 is 5.97 Å². The van der Waals surface area contributed by atoms with Crippen LogP contribution in [0.25, 0.3) is 0 Å². The van der Waals surface area contributed by atoms with Gasteiger partial charge in [0, 0.05) is 38.5 Å². The van der Waals surface area contributed by atoms with Gasteiger partial charge in [-0.1, -0.05) is 0 Å². The summed E-state index contributed by atoms with van der Waals surface area (Å²) in [5.41, 5.74) is 0.317. The first-order valence-electron chi connectivity index (χ1n) is 6.49. The normalized spacial score (nSPS) is 23.7. The maximum absolute atomic E-state index is 11.5. The van der Waals surface area contributed by atoms with Crippen molar-refractivity contribution in [3.63, 3.8) is 0 Å². The number of aliphatic carboxylic acids is 1. The Morgan fingerprint density at radius 2 is 2.47 bits per heavy atom. The SMILES string of the molecule is CN(Cc1cnn(C)c1)CC1(C(=O)O)CCCOC1. The van der Waals surface area contributed by atoms with Crippen LogP contribution in [0.15, 0.2) is 12.4 Å². The minimum absolute atomic E-state index is 0.305. The topological polar surface area (TPSA) is 67.6 Å². The Bertz CT molecular complexity index is 438. The first-order valence-corrected chi connectivity index (χ1v) is 6.49. The number of nitrogens with zero attached hydrogens (tertiary/aromatic N) is 3. The number of aryl methyl sites for hydroxylation is 1. The average molecular weight is 267 g/mol. The van der Waals surface area contributed by atoms with E-state index >= 15 is 0 Å². The van der Waals surface area contributed by atoms with Crippen molar-refractivity contribution in [3.05, 3.63) is 18.0 Å². The monoisotopic (exact) mass is 267 g/mol. The highest BCUT2D eigenvalue weighted by Gasteiger charge is 2.41. The van der Waals surface area contributed by atoms with E-state index in [-0.39, 0.29) is 0 Å². The lowest BCUT2D eigenvalue weighted by molar-refractivity contribution is -0.159. The van der Waals surface area contributed by atoms with Crippen LogP contribution in [-0.2, 0) is 23.1 Å². The molecule has 1 aliphatic rings. The van der Waals surface area contributed by atoms with Gasteiger partial charge in [0.05, 0.1) is 12.8 Å². The predicted octanol–water partition coefficient (Wildman–Crippen LogP) is 0.733. The molecule has 2 rings (SSSR count). The third-order valence-electron chi connectivity index (χ3n) is 3.56. The second-order valence-corrected chi connectivity index (χ2v) is 5.44. The highest BCUT2D eigenvalue weighted by molar-refractivity contribution is 5.75. The average Bonchev–Trinajstić information content (AvgIpc) is 2.75. The van der Waals surface area contributed by atoms with Gasteiger partial charge in [-0.25, -0.2) is 0 Å². The fraction of sp³-hybridized carbons (Fsp3) is 0.692. The minimum atomic E-state index is -0.769. The number of carbonyl (C=O) groups is 1. The summed E-state index contributed by atoms with van der Waals surface area (Å²) in [6.45, 7) is 2.17. The quantitative estimate of drug-likeness (QED) is 0.852. The molecule has 1 aromatic heterocycles. The lowest BCUT2D eigenvalue weighted by Gasteiger charge is -2.36. The van der Waals surface area contributed by atoms with Gasteiger partial charge in [0.25, 0.3) is 0 Å². The van der Waals surface area contributed by atoms with Gasteiger partial charge in [-0.15, -0.1) is 0 Å². The predicted molar refractivity (Wildman–Crippen MR) is 69.7 cm³/mol. The third kappa shape index (κ3) is 3.33. The van der Waals surface area contributed by atoms with Crippen molar-refractivity contribution < 1.29 is 14.6 Å². The number of hydrogen-bond acceptors (Lipinski definition) is 4. The van der Waals surface area contributed by atoms with Crippen LogP contribution >= 0.6 is 0 Å². The lowest BCUT2D eigenvalue weighted by atomic mass is 9.82. The van der Waals surface area contributed by atoms with Crippen LogP contribution in [0, 0.1) is 5.41 Å². The van der Waals surface area contributed by atoms with Gasteiger partial charge in [0.1, 0.15) is 5.41 Å². The lowest BCUT2D eigenvalue weighted by Crippen LogP contribution is -2.47. The van der Waals surface area contributed by atoms with Crippen LogP contribution in [-0.4, -0.2) is 52.6 Å². The number of rotatable bonds is 5. The van der Waals surface area contributed by atoms with Crippen molar-refractivity contribution in [3.8, 4) is 0 Å². The highest BCUT2D eigenvalue weighted by Crippen LogP contribution is 2.30. The number of carboxylic acids is 1. The maximum Gasteiger partial charge on any atom is 0.313 e. The number of ether oxygens (including phenoxy) is 1. The Morgan fingerprint density at radius 1 is 1.68 bits per heavy atom. The Balaban J connectivity index is 1.98. The van der Waals surface area contributed by atoms with Crippen molar-refractivity contribution in [1.29, 1.82) is 0 Å². The molecule has 2 heterocycles. The molecule has 106 valence electrons. The molecule has 0 amide bonds. The molecule has 0 saturated carbocycles. The van der Waals surface area contributed by atoms with Gasteiger partial charge in [-0.05, 0) is 19.9 Å². The number of aromatic nitrogens is 2. The van der Waals surface area contributed by atoms with Crippen molar-refractivity contribution in [2.45, 2.75) is 19.4 Å². The van der Waals surface area contributed by atoms with Gasteiger partial charge in [0.15, 0.2) is 0 Å². The van der Waals surface area contributed by atoms with E-state index in [4.69, 9.17) is 4.74 Å². The zero-order valence-electron chi connectivity index (χ0n) is 11.5. The summed E-state index contributed by atoms with van der Waals surface area (Å²) < 4.78 is 7.13. The second kappa shape index (κ2) is 5.71. The molecule has 0 radical (unpaired) electrons. The van der Waals surface area contributed by atoms with Crippen molar-refractivity contribution in [1.82, 2.24) is 14.7 Å². The summed E-state index contributed by atoms with van der Waals surface area (Å²) in [5, 5.41) is 13.6. The van der Waals surface area contributed by atoms with Crippen molar-refractivity contribution in [2.24, 2.45) is 12.5 Å². The molecular formula is C13H21N3O3. The zero-order valence-corrected chi connectivity index (χ0v) is 11.5. The smallest absolute Gasteiger partial charge is 0.313 e. The largest absolute Gasteiger partial charge is 0.481 e. The van der Waals surface area contributed by atoms with E-state index in [1.807, 2.05) is 25.2 Å². The first-order chi connectivity index (χ1) is 9.02. The molecule has 0 bridgehead atoms. The molecule has 6 nitrogen and oxygen atoms in total. The fourth-order valence-electron chi connectivity index (χ4n) is 2.65. The zero-order chi connectivity index (χ0) is 13.9. The molecule has 1 atom stereocenters. The van der Waals surface area contributed by atoms with Crippen LogP contribution in [0.3, 0.4) is 0 Å². The Kier molecular flexibility index (Phi) is 4.21. The molecule has 1 N–H and O–H groups in total. The van der Waals surface area contributed by atoms with E-state index in [1.54, 1.807) is 10.9 Å². The molecule has 0 aromatic carbocycles. The highest BCUT2D eigenvalue weighted by atomic mass is 16.5. The van der Waals surface area contributed by atoms with Crippen LogP contribution in [0.4, 0.5) is 0 Å². The van der Waals surface area contributed by atoms with Crippen LogP contribution in [0.5, 0.6) is 0 Å². The molecule has 1 unspecified atom stereocenters. The van der Waals surface area contributed by atoms with E-state index < -0.39 is 11.4 Å².